The Hall–Kier alpha value is -2.94. The number of rotatable bonds is 11. The lowest BCUT2D eigenvalue weighted by Gasteiger charge is -2.22. The lowest BCUT2D eigenvalue weighted by Crippen LogP contribution is -2.32. The first kappa shape index (κ1) is 23.3. The molecule has 0 radical (unpaired) electrons. The molecule has 2 aromatic rings. The zero-order chi connectivity index (χ0) is 22.1. The Kier molecular flexibility index (Phi) is 8.35. The molecule has 0 atom stereocenters. The number of nitrogens with zero attached hydrogens (tertiary/aromatic N) is 1. The van der Waals surface area contributed by atoms with Crippen LogP contribution < -0.4 is 23.8 Å². The van der Waals surface area contributed by atoms with Crippen LogP contribution in [0.15, 0.2) is 42.5 Å². The van der Waals surface area contributed by atoms with E-state index in [1.54, 1.807) is 57.7 Å². The van der Waals surface area contributed by atoms with Crippen LogP contribution >= 0.6 is 0 Å². The van der Waals surface area contributed by atoms with Gasteiger partial charge in [-0.15, -0.1) is 0 Å². The molecule has 2 aromatic carbocycles. The molecule has 8 nitrogen and oxygen atoms in total. The van der Waals surface area contributed by atoms with Crippen molar-refractivity contribution in [2.75, 3.05) is 38.4 Å². The Balaban J connectivity index is 1.89. The van der Waals surface area contributed by atoms with Crippen molar-refractivity contribution in [1.29, 1.82) is 0 Å². The summed E-state index contributed by atoms with van der Waals surface area (Å²) in [5, 5.41) is 2.84. The van der Waals surface area contributed by atoms with Gasteiger partial charge in [0.25, 0.3) is 0 Å². The highest BCUT2D eigenvalue weighted by molar-refractivity contribution is 7.92. The second-order valence-electron chi connectivity index (χ2n) is 6.60. The van der Waals surface area contributed by atoms with Gasteiger partial charge in [0.2, 0.25) is 15.9 Å². The third kappa shape index (κ3) is 6.55. The van der Waals surface area contributed by atoms with Crippen LogP contribution in [-0.2, 0) is 21.4 Å². The number of carbonyl (C=O) groups excluding carboxylic acids is 1. The fourth-order valence-corrected chi connectivity index (χ4v) is 3.86. The van der Waals surface area contributed by atoms with Crippen molar-refractivity contribution in [3.8, 4) is 17.2 Å². The number of sulfonamides is 1. The Morgan fingerprint density at radius 3 is 2.20 bits per heavy atom. The van der Waals surface area contributed by atoms with Crippen LogP contribution in [0, 0.1) is 0 Å². The van der Waals surface area contributed by atoms with E-state index in [0.29, 0.717) is 35.9 Å². The van der Waals surface area contributed by atoms with Gasteiger partial charge in [0.1, 0.15) is 5.75 Å². The van der Waals surface area contributed by atoms with E-state index in [9.17, 15) is 13.2 Å². The van der Waals surface area contributed by atoms with E-state index >= 15 is 0 Å². The number of hydrogen-bond donors (Lipinski definition) is 1. The third-order valence-corrected chi connectivity index (χ3v) is 5.66. The van der Waals surface area contributed by atoms with Crippen molar-refractivity contribution in [2.24, 2.45) is 0 Å². The van der Waals surface area contributed by atoms with Crippen LogP contribution in [0.3, 0.4) is 0 Å². The summed E-state index contributed by atoms with van der Waals surface area (Å²) in [5.74, 6) is 1.69. The number of benzene rings is 2. The maximum Gasteiger partial charge on any atom is 0.232 e. The molecule has 0 fully saturated rings. The summed E-state index contributed by atoms with van der Waals surface area (Å²) in [4.78, 5) is 12.2. The Labute approximate surface area is 177 Å². The Bertz CT molecular complexity index is 944. The first-order chi connectivity index (χ1) is 14.3. The summed E-state index contributed by atoms with van der Waals surface area (Å²) in [7, 11) is 1.19. The first-order valence-corrected chi connectivity index (χ1v) is 11.2. The van der Waals surface area contributed by atoms with Gasteiger partial charge in [-0.3, -0.25) is 9.10 Å². The second-order valence-corrected chi connectivity index (χ2v) is 8.51. The van der Waals surface area contributed by atoms with Gasteiger partial charge < -0.3 is 19.5 Å². The molecule has 0 unspecified atom stereocenters. The van der Waals surface area contributed by atoms with E-state index < -0.39 is 10.0 Å². The molecule has 0 saturated heterocycles. The van der Waals surface area contributed by atoms with Gasteiger partial charge >= 0.3 is 0 Å². The van der Waals surface area contributed by atoms with Gasteiger partial charge in [0.05, 0.1) is 33.3 Å². The second kappa shape index (κ2) is 10.7. The molecule has 0 aliphatic carbocycles. The molecule has 9 heteroatoms. The number of hydrogen-bond acceptors (Lipinski definition) is 6. The summed E-state index contributed by atoms with van der Waals surface area (Å²) >= 11 is 0. The normalized spacial score (nSPS) is 10.9. The summed E-state index contributed by atoms with van der Waals surface area (Å²) in [5.41, 5.74) is 1.40. The summed E-state index contributed by atoms with van der Waals surface area (Å²) in [6.07, 6.45) is 1.74. The van der Waals surface area contributed by atoms with Gasteiger partial charge in [-0.2, -0.15) is 0 Å². The lowest BCUT2D eigenvalue weighted by molar-refractivity contribution is -0.121. The minimum Gasteiger partial charge on any atom is -0.497 e. The molecule has 1 N–H and O–H groups in total. The molecule has 1 amide bonds. The molecule has 0 saturated carbocycles. The predicted molar refractivity (Wildman–Crippen MR) is 116 cm³/mol. The molecule has 0 spiro atoms. The number of ether oxygens (including phenoxy) is 3. The van der Waals surface area contributed by atoms with Gasteiger partial charge in [-0.1, -0.05) is 6.07 Å². The minimum atomic E-state index is -3.47. The van der Waals surface area contributed by atoms with E-state index in [1.807, 2.05) is 6.07 Å². The van der Waals surface area contributed by atoms with Crippen molar-refractivity contribution in [2.45, 2.75) is 19.4 Å². The molecule has 0 bridgehead atoms. The SMILES string of the molecule is COc1ccc(N(CCCC(=O)NCc2ccc(OC)c(OC)c2)S(C)(=O)=O)cc1. The van der Waals surface area contributed by atoms with E-state index in [0.717, 1.165) is 11.8 Å². The van der Waals surface area contributed by atoms with Crippen LogP contribution in [-0.4, -0.2) is 48.5 Å². The van der Waals surface area contributed by atoms with Crippen LogP contribution in [0.25, 0.3) is 0 Å². The zero-order valence-corrected chi connectivity index (χ0v) is 18.5. The average molecular weight is 437 g/mol. The van der Waals surface area contributed by atoms with Crippen molar-refractivity contribution in [3.05, 3.63) is 48.0 Å². The highest BCUT2D eigenvalue weighted by atomic mass is 32.2. The number of nitrogens with one attached hydrogen (secondary N) is 1. The number of anilines is 1. The van der Waals surface area contributed by atoms with Crippen LogP contribution in [0.2, 0.25) is 0 Å². The van der Waals surface area contributed by atoms with Crippen molar-refractivity contribution in [3.63, 3.8) is 0 Å². The molecule has 0 heterocycles. The molecular formula is C21H28N2O6S. The fraction of sp³-hybridized carbons (Fsp3) is 0.381. The van der Waals surface area contributed by atoms with Gasteiger partial charge in [0, 0.05) is 19.5 Å². The number of carbonyl (C=O) groups is 1. The van der Waals surface area contributed by atoms with Gasteiger partial charge in [0.15, 0.2) is 11.5 Å². The monoisotopic (exact) mass is 436 g/mol. The standard InChI is InChI=1S/C21H28N2O6S/c1-27-18-10-8-17(9-11-18)23(30(4,25)26)13-5-6-21(24)22-15-16-7-12-19(28-2)20(14-16)29-3/h7-12,14H,5-6,13,15H2,1-4H3,(H,22,24). The maximum absolute atomic E-state index is 12.2. The fourth-order valence-electron chi connectivity index (χ4n) is 2.90. The molecule has 2 rings (SSSR count). The molecule has 164 valence electrons. The predicted octanol–water partition coefficient (Wildman–Crippen LogP) is 2.58. The van der Waals surface area contributed by atoms with E-state index in [4.69, 9.17) is 14.2 Å². The largest absolute Gasteiger partial charge is 0.497 e. The molecule has 0 aromatic heterocycles. The highest BCUT2D eigenvalue weighted by Crippen LogP contribution is 2.27. The van der Waals surface area contributed by atoms with Gasteiger partial charge in [-0.05, 0) is 48.4 Å². The van der Waals surface area contributed by atoms with Crippen molar-refractivity contribution >= 4 is 21.6 Å². The topological polar surface area (TPSA) is 94.2 Å². The Morgan fingerprint density at radius 1 is 0.967 bits per heavy atom. The third-order valence-electron chi connectivity index (χ3n) is 4.46. The molecule has 30 heavy (non-hydrogen) atoms. The average Bonchev–Trinajstić information content (AvgIpc) is 2.74. The Morgan fingerprint density at radius 2 is 1.63 bits per heavy atom. The summed E-state index contributed by atoms with van der Waals surface area (Å²) < 4.78 is 41.2. The number of amides is 1. The van der Waals surface area contributed by atoms with E-state index in [2.05, 4.69) is 5.32 Å². The molecule has 0 aliphatic heterocycles. The zero-order valence-electron chi connectivity index (χ0n) is 17.7. The summed E-state index contributed by atoms with van der Waals surface area (Å²) in [6.45, 7) is 0.544. The summed E-state index contributed by atoms with van der Waals surface area (Å²) in [6, 6.07) is 12.2. The molecular weight excluding hydrogens is 408 g/mol. The van der Waals surface area contributed by atoms with E-state index in [-0.39, 0.29) is 18.9 Å². The maximum atomic E-state index is 12.2. The minimum absolute atomic E-state index is 0.159. The molecule has 0 aliphatic rings. The first-order valence-electron chi connectivity index (χ1n) is 9.38. The van der Waals surface area contributed by atoms with E-state index in [1.165, 1.54) is 4.31 Å². The van der Waals surface area contributed by atoms with Crippen LogP contribution in [0.4, 0.5) is 5.69 Å². The highest BCUT2D eigenvalue weighted by Gasteiger charge is 2.17. The van der Waals surface area contributed by atoms with Crippen LogP contribution in [0.1, 0.15) is 18.4 Å². The van der Waals surface area contributed by atoms with Gasteiger partial charge in [-0.25, -0.2) is 8.42 Å². The van der Waals surface area contributed by atoms with Crippen LogP contribution in [0.5, 0.6) is 17.2 Å². The van der Waals surface area contributed by atoms with Crippen molar-refractivity contribution in [1.82, 2.24) is 5.32 Å². The quantitative estimate of drug-likeness (QED) is 0.582. The van der Waals surface area contributed by atoms with Crippen molar-refractivity contribution < 1.29 is 27.4 Å². The number of methoxy groups -OCH3 is 3. The smallest absolute Gasteiger partial charge is 0.232 e. The lowest BCUT2D eigenvalue weighted by atomic mass is 10.2.